The Hall–Kier alpha value is -2.25. The lowest BCUT2D eigenvalue weighted by atomic mass is 10.2. The lowest BCUT2D eigenvalue weighted by Crippen LogP contribution is -2.41. The Labute approximate surface area is 134 Å². The molecular weight excluding hydrogens is 319 g/mol. The zero-order valence-corrected chi connectivity index (χ0v) is 13.5. The molecule has 0 aliphatic rings. The number of carbonyl (C=O) groups is 1. The van der Waals surface area contributed by atoms with Crippen molar-refractivity contribution >= 4 is 21.6 Å². The van der Waals surface area contributed by atoms with Gasteiger partial charge < -0.3 is 5.32 Å². The average Bonchev–Trinajstić information content (AvgIpc) is 2.47. The molecule has 0 saturated carbocycles. The highest BCUT2D eigenvalue weighted by Gasteiger charge is 2.22. The van der Waals surface area contributed by atoms with Gasteiger partial charge in [-0.05, 0) is 55.8 Å². The van der Waals surface area contributed by atoms with Crippen molar-refractivity contribution in [1.82, 2.24) is 4.72 Å². The van der Waals surface area contributed by atoms with Crippen LogP contribution in [0.4, 0.5) is 10.1 Å². The summed E-state index contributed by atoms with van der Waals surface area (Å²) in [4.78, 5) is 12.0. The zero-order valence-electron chi connectivity index (χ0n) is 12.7. The van der Waals surface area contributed by atoms with Gasteiger partial charge in [0.2, 0.25) is 15.9 Å². The predicted molar refractivity (Wildman–Crippen MR) is 86.0 cm³/mol. The van der Waals surface area contributed by atoms with Crippen molar-refractivity contribution in [2.75, 3.05) is 5.32 Å². The van der Waals surface area contributed by atoms with Crippen molar-refractivity contribution in [3.8, 4) is 0 Å². The van der Waals surface area contributed by atoms with Crippen LogP contribution in [0.2, 0.25) is 0 Å². The molecule has 7 heteroatoms. The molecule has 0 aliphatic carbocycles. The molecule has 2 N–H and O–H groups in total. The van der Waals surface area contributed by atoms with E-state index in [4.69, 9.17) is 0 Å². The van der Waals surface area contributed by atoms with Crippen molar-refractivity contribution < 1.29 is 17.6 Å². The Morgan fingerprint density at radius 2 is 1.78 bits per heavy atom. The highest BCUT2D eigenvalue weighted by molar-refractivity contribution is 7.89. The minimum atomic E-state index is -3.90. The largest absolute Gasteiger partial charge is 0.325 e. The van der Waals surface area contributed by atoms with Crippen LogP contribution in [0.5, 0.6) is 0 Å². The van der Waals surface area contributed by atoms with Crippen LogP contribution in [0.1, 0.15) is 12.5 Å². The molecule has 5 nitrogen and oxygen atoms in total. The van der Waals surface area contributed by atoms with Crippen LogP contribution < -0.4 is 10.0 Å². The number of carbonyl (C=O) groups excluding carboxylic acids is 1. The quantitative estimate of drug-likeness (QED) is 0.880. The summed E-state index contributed by atoms with van der Waals surface area (Å²) in [7, 11) is -3.90. The van der Waals surface area contributed by atoms with Crippen LogP contribution in [0, 0.1) is 12.7 Å². The fraction of sp³-hybridized carbons (Fsp3) is 0.188. The average molecular weight is 336 g/mol. The molecule has 0 radical (unpaired) electrons. The van der Waals surface area contributed by atoms with Crippen LogP contribution in [0.25, 0.3) is 0 Å². The van der Waals surface area contributed by atoms with Gasteiger partial charge in [0.25, 0.3) is 0 Å². The van der Waals surface area contributed by atoms with E-state index in [9.17, 15) is 17.6 Å². The monoisotopic (exact) mass is 336 g/mol. The maximum atomic E-state index is 12.9. The SMILES string of the molecule is Cc1cccc(NC(=O)C(C)NS(=O)(=O)c2ccc(F)cc2)c1. The van der Waals surface area contributed by atoms with E-state index in [2.05, 4.69) is 10.0 Å². The van der Waals surface area contributed by atoms with Gasteiger partial charge in [-0.3, -0.25) is 4.79 Å². The number of rotatable bonds is 5. The van der Waals surface area contributed by atoms with Crippen LogP contribution >= 0.6 is 0 Å². The minimum Gasteiger partial charge on any atom is -0.325 e. The summed E-state index contributed by atoms with van der Waals surface area (Å²) in [5.41, 5.74) is 1.56. The third-order valence-electron chi connectivity index (χ3n) is 3.13. The Balaban J connectivity index is 2.06. The van der Waals surface area contributed by atoms with Crippen molar-refractivity contribution in [2.45, 2.75) is 24.8 Å². The molecule has 0 spiro atoms. The van der Waals surface area contributed by atoms with Crippen LogP contribution in [-0.2, 0) is 14.8 Å². The van der Waals surface area contributed by atoms with Gasteiger partial charge >= 0.3 is 0 Å². The number of aryl methyl sites for hydroxylation is 1. The molecule has 0 aromatic heterocycles. The second kappa shape index (κ2) is 6.89. The summed E-state index contributed by atoms with van der Waals surface area (Å²) in [5.74, 6) is -1.02. The number of halogens is 1. The molecule has 1 amide bonds. The molecule has 2 rings (SSSR count). The van der Waals surface area contributed by atoms with E-state index in [-0.39, 0.29) is 4.90 Å². The normalized spacial score (nSPS) is 12.7. The molecule has 23 heavy (non-hydrogen) atoms. The molecule has 1 unspecified atom stereocenters. The molecule has 0 heterocycles. The maximum Gasteiger partial charge on any atom is 0.242 e. The van der Waals surface area contributed by atoms with Gasteiger partial charge in [0.05, 0.1) is 10.9 Å². The molecule has 2 aromatic carbocycles. The van der Waals surface area contributed by atoms with E-state index in [1.807, 2.05) is 13.0 Å². The summed E-state index contributed by atoms with van der Waals surface area (Å²) in [6.07, 6.45) is 0. The number of sulfonamides is 1. The van der Waals surface area contributed by atoms with Crippen molar-refractivity contribution in [3.63, 3.8) is 0 Å². The molecule has 1 atom stereocenters. The van der Waals surface area contributed by atoms with E-state index in [0.29, 0.717) is 5.69 Å². The Morgan fingerprint density at radius 3 is 2.39 bits per heavy atom. The topological polar surface area (TPSA) is 75.3 Å². The van der Waals surface area contributed by atoms with Gasteiger partial charge in [-0.2, -0.15) is 4.72 Å². The van der Waals surface area contributed by atoms with E-state index < -0.39 is 27.8 Å². The molecule has 0 fully saturated rings. The maximum absolute atomic E-state index is 12.9. The summed E-state index contributed by atoms with van der Waals surface area (Å²) < 4.78 is 39.4. The first kappa shape index (κ1) is 17.1. The molecule has 0 bridgehead atoms. The van der Waals surface area contributed by atoms with Gasteiger partial charge in [0.15, 0.2) is 0 Å². The molecular formula is C16H17FN2O3S. The Bertz CT molecular complexity index is 804. The molecule has 122 valence electrons. The fourth-order valence-corrected chi connectivity index (χ4v) is 3.14. The fourth-order valence-electron chi connectivity index (χ4n) is 1.94. The Morgan fingerprint density at radius 1 is 1.13 bits per heavy atom. The van der Waals surface area contributed by atoms with E-state index >= 15 is 0 Å². The van der Waals surface area contributed by atoms with E-state index in [1.165, 1.54) is 6.92 Å². The standard InChI is InChI=1S/C16H17FN2O3S/c1-11-4-3-5-14(10-11)18-16(20)12(2)19-23(21,22)15-8-6-13(17)7-9-15/h3-10,12,19H,1-2H3,(H,18,20). The number of nitrogens with one attached hydrogen (secondary N) is 2. The summed E-state index contributed by atoms with van der Waals surface area (Å²) >= 11 is 0. The van der Waals surface area contributed by atoms with E-state index in [1.54, 1.807) is 18.2 Å². The second-order valence-corrected chi connectivity index (χ2v) is 6.87. The number of anilines is 1. The molecule has 0 aliphatic heterocycles. The van der Waals surface area contributed by atoms with Crippen LogP contribution in [0.3, 0.4) is 0 Å². The first-order chi connectivity index (χ1) is 10.8. The minimum absolute atomic E-state index is 0.103. The van der Waals surface area contributed by atoms with E-state index in [0.717, 1.165) is 29.8 Å². The first-order valence-electron chi connectivity index (χ1n) is 6.93. The van der Waals surface area contributed by atoms with Gasteiger partial charge in [0, 0.05) is 5.69 Å². The number of amides is 1. The Kier molecular flexibility index (Phi) is 5.12. The molecule has 0 saturated heterocycles. The van der Waals surface area contributed by atoms with Gasteiger partial charge in [-0.1, -0.05) is 12.1 Å². The van der Waals surface area contributed by atoms with Crippen LogP contribution in [0.15, 0.2) is 53.4 Å². The van der Waals surface area contributed by atoms with Crippen molar-refractivity contribution in [2.24, 2.45) is 0 Å². The number of hydrogen-bond donors (Lipinski definition) is 2. The zero-order chi connectivity index (χ0) is 17.0. The predicted octanol–water partition coefficient (Wildman–Crippen LogP) is 2.44. The highest BCUT2D eigenvalue weighted by Crippen LogP contribution is 2.12. The summed E-state index contributed by atoms with van der Waals surface area (Å²) in [6, 6.07) is 10.6. The lowest BCUT2D eigenvalue weighted by molar-refractivity contribution is -0.117. The first-order valence-corrected chi connectivity index (χ1v) is 8.42. The third kappa shape index (κ3) is 4.61. The van der Waals surface area contributed by atoms with Gasteiger partial charge in [-0.25, -0.2) is 12.8 Å². The third-order valence-corrected chi connectivity index (χ3v) is 4.69. The lowest BCUT2D eigenvalue weighted by Gasteiger charge is -2.14. The summed E-state index contributed by atoms with van der Waals surface area (Å²) in [6.45, 7) is 3.32. The van der Waals surface area contributed by atoms with Crippen molar-refractivity contribution in [3.05, 3.63) is 59.9 Å². The number of hydrogen-bond acceptors (Lipinski definition) is 3. The van der Waals surface area contributed by atoms with Gasteiger partial charge in [0.1, 0.15) is 5.82 Å². The second-order valence-electron chi connectivity index (χ2n) is 5.16. The van der Waals surface area contributed by atoms with Gasteiger partial charge in [-0.15, -0.1) is 0 Å². The summed E-state index contributed by atoms with van der Waals surface area (Å²) in [5, 5.41) is 2.64. The van der Waals surface area contributed by atoms with Crippen molar-refractivity contribution in [1.29, 1.82) is 0 Å². The molecule has 2 aromatic rings. The van der Waals surface area contributed by atoms with Crippen LogP contribution in [-0.4, -0.2) is 20.4 Å². The number of benzene rings is 2. The smallest absolute Gasteiger partial charge is 0.242 e. The highest BCUT2D eigenvalue weighted by atomic mass is 32.2.